The molecule has 0 fully saturated rings. The van der Waals surface area contributed by atoms with Crippen LogP contribution in [0.2, 0.25) is 0 Å². The SMILES string of the molecule is CC(Br)CN(C)Cc1cc(Br)ccc1F. The van der Waals surface area contributed by atoms with Gasteiger partial charge in [-0.1, -0.05) is 38.8 Å². The number of benzene rings is 1. The van der Waals surface area contributed by atoms with Gasteiger partial charge >= 0.3 is 0 Å². The summed E-state index contributed by atoms with van der Waals surface area (Å²) in [7, 11) is 1.98. The lowest BCUT2D eigenvalue weighted by Gasteiger charge is -2.18. The molecular formula is C11H14Br2FN. The predicted molar refractivity (Wildman–Crippen MR) is 68.8 cm³/mol. The fourth-order valence-corrected chi connectivity index (χ4v) is 2.35. The van der Waals surface area contributed by atoms with E-state index in [1.807, 2.05) is 13.1 Å². The van der Waals surface area contributed by atoms with Gasteiger partial charge in [0.15, 0.2) is 0 Å². The zero-order valence-electron chi connectivity index (χ0n) is 8.80. The molecule has 1 unspecified atom stereocenters. The Bertz CT molecular complexity index is 328. The van der Waals surface area contributed by atoms with E-state index >= 15 is 0 Å². The van der Waals surface area contributed by atoms with Crippen LogP contribution in [-0.2, 0) is 6.54 Å². The summed E-state index contributed by atoms with van der Waals surface area (Å²) in [5, 5.41) is 0. The van der Waals surface area contributed by atoms with Crippen LogP contribution in [0.3, 0.4) is 0 Å². The summed E-state index contributed by atoms with van der Waals surface area (Å²) in [6.07, 6.45) is 0. The molecule has 1 nitrogen and oxygen atoms in total. The third-order valence-corrected chi connectivity index (χ3v) is 2.79. The van der Waals surface area contributed by atoms with Gasteiger partial charge < -0.3 is 4.90 Å². The van der Waals surface area contributed by atoms with Crippen LogP contribution in [0.5, 0.6) is 0 Å². The van der Waals surface area contributed by atoms with Crippen LogP contribution in [-0.4, -0.2) is 23.3 Å². The van der Waals surface area contributed by atoms with E-state index in [0.717, 1.165) is 16.6 Å². The molecule has 0 radical (unpaired) electrons. The molecule has 0 aromatic heterocycles. The van der Waals surface area contributed by atoms with Crippen LogP contribution < -0.4 is 0 Å². The third kappa shape index (κ3) is 4.62. The minimum atomic E-state index is -0.146. The minimum Gasteiger partial charge on any atom is -0.301 e. The van der Waals surface area contributed by atoms with Gasteiger partial charge in [0.05, 0.1) is 0 Å². The van der Waals surface area contributed by atoms with Gasteiger partial charge in [-0.15, -0.1) is 0 Å². The molecule has 0 bridgehead atoms. The number of alkyl halides is 1. The van der Waals surface area contributed by atoms with Crippen LogP contribution in [0.1, 0.15) is 12.5 Å². The van der Waals surface area contributed by atoms with E-state index in [-0.39, 0.29) is 5.82 Å². The van der Waals surface area contributed by atoms with E-state index in [4.69, 9.17) is 0 Å². The molecule has 0 aliphatic carbocycles. The number of nitrogens with zero attached hydrogens (tertiary/aromatic N) is 1. The van der Waals surface area contributed by atoms with Crippen molar-refractivity contribution in [1.82, 2.24) is 4.90 Å². The Morgan fingerprint density at radius 1 is 1.47 bits per heavy atom. The van der Waals surface area contributed by atoms with Gasteiger partial charge in [0.2, 0.25) is 0 Å². The van der Waals surface area contributed by atoms with Gasteiger partial charge in [-0.05, 0) is 25.2 Å². The van der Waals surface area contributed by atoms with E-state index in [0.29, 0.717) is 11.4 Å². The maximum atomic E-state index is 13.4. The Hall–Kier alpha value is 0.0700. The molecule has 1 atom stereocenters. The van der Waals surface area contributed by atoms with Crippen molar-refractivity contribution >= 4 is 31.9 Å². The second-order valence-electron chi connectivity index (χ2n) is 3.71. The second-order valence-corrected chi connectivity index (χ2v) is 6.19. The second kappa shape index (κ2) is 5.97. The molecule has 0 spiro atoms. The predicted octanol–water partition coefficient (Wildman–Crippen LogP) is 3.80. The highest BCUT2D eigenvalue weighted by Gasteiger charge is 2.08. The lowest BCUT2D eigenvalue weighted by Crippen LogP contribution is -2.24. The van der Waals surface area contributed by atoms with Gasteiger partial charge in [-0.25, -0.2) is 4.39 Å². The first-order valence-corrected chi connectivity index (χ1v) is 6.46. The normalized spacial score (nSPS) is 13.2. The lowest BCUT2D eigenvalue weighted by atomic mass is 10.2. The van der Waals surface area contributed by atoms with Gasteiger partial charge in [0.1, 0.15) is 5.82 Å². The van der Waals surface area contributed by atoms with Crippen molar-refractivity contribution in [1.29, 1.82) is 0 Å². The first-order valence-electron chi connectivity index (χ1n) is 4.75. The highest BCUT2D eigenvalue weighted by Crippen LogP contribution is 2.17. The molecular weight excluding hydrogens is 325 g/mol. The van der Waals surface area contributed by atoms with Crippen LogP contribution >= 0.6 is 31.9 Å². The Labute approximate surface area is 107 Å². The summed E-state index contributed by atoms with van der Waals surface area (Å²) in [6.45, 7) is 3.60. The highest BCUT2D eigenvalue weighted by atomic mass is 79.9. The standard InChI is InChI=1S/C11H14Br2FN/c1-8(12)6-15(2)7-9-5-10(13)3-4-11(9)14/h3-5,8H,6-7H2,1-2H3. The quantitative estimate of drug-likeness (QED) is 0.755. The Morgan fingerprint density at radius 2 is 2.13 bits per heavy atom. The van der Waals surface area contributed by atoms with Crippen molar-refractivity contribution in [3.8, 4) is 0 Å². The van der Waals surface area contributed by atoms with Crippen LogP contribution in [0.4, 0.5) is 4.39 Å². The summed E-state index contributed by atoms with van der Waals surface area (Å²) in [4.78, 5) is 2.50. The molecule has 84 valence electrons. The summed E-state index contributed by atoms with van der Waals surface area (Å²) < 4.78 is 14.3. The fraction of sp³-hybridized carbons (Fsp3) is 0.455. The average molecular weight is 339 g/mol. The maximum absolute atomic E-state index is 13.4. The largest absolute Gasteiger partial charge is 0.301 e. The zero-order chi connectivity index (χ0) is 11.4. The summed E-state index contributed by atoms with van der Waals surface area (Å²) in [6, 6.07) is 5.03. The van der Waals surface area contributed by atoms with Gasteiger partial charge in [-0.2, -0.15) is 0 Å². The topological polar surface area (TPSA) is 3.24 Å². The number of hydrogen-bond acceptors (Lipinski definition) is 1. The molecule has 0 amide bonds. The third-order valence-electron chi connectivity index (χ3n) is 2.01. The first kappa shape index (κ1) is 13.1. The van der Waals surface area contributed by atoms with Crippen molar-refractivity contribution in [2.45, 2.75) is 18.3 Å². The van der Waals surface area contributed by atoms with E-state index in [1.54, 1.807) is 6.07 Å². The highest BCUT2D eigenvalue weighted by molar-refractivity contribution is 9.10. The lowest BCUT2D eigenvalue weighted by molar-refractivity contribution is 0.327. The van der Waals surface area contributed by atoms with Crippen molar-refractivity contribution in [2.24, 2.45) is 0 Å². The van der Waals surface area contributed by atoms with Gasteiger partial charge in [-0.3, -0.25) is 0 Å². The van der Waals surface area contributed by atoms with E-state index in [2.05, 4.69) is 43.7 Å². The molecule has 0 aliphatic heterocycles. The summed E-state index contributed by atoms with van der Waals surface area (Å²) in [5.74, 6) is -0.146. The van der Waals surface area contributed by atoms with Crippen LogP contribution in [0.25, 0.3) is 0 Å². The van der Waals surface area contributed by atoms with E-state index in [1.165, 1.54) is 6.07 Å². The molecule has 0 aliphatic rings. The Kier molecular flexibility index (Phi) is 5.23. The minimum absolute atomic E-state index is 0.146. The molecule has 0 N–H and O–H groups in total. The molecule has 1 aromatic rings. The van der Waals surface area contributed by atoms with E-state index < -0.39 is 0 Å². The monoisotopic (exact) mass is 337 g/mol. The summed E-state index contributed by atoms with van der Waals surface area (Å²) in [5.41, 5.74) is 0.722. The number of hydrogen-bond donors (Lipinski definition) is 0. The van der Waals surface area contributed by atoms with Crippen molar-refractivity contribution < 1.29 is 4.39 Å². The van der Waals surface area contributed by atoms with Crippen LogP contribution in [0, 0.1) is 5.82 Å². The molecule has 1 rings (SSSR count). The number of halogens is 3. The van der Waals surface area contributed by atoms with Crippen molar-refractivity contribution in [2.75, 3.05) is 13.6 Å². The summed E-state index contributed by atoms with van der Waals surface area (Å²) >= 11 is 6.82. The Balaban J connectivity index is 2.67. The first-order chi connectivity index (χ1) is 6.99. The number of rotatable bonds is 4. The smallest absolute Gasteiger partial charge is 0.127 e. The van der Waals surface area contributed by atoms with Crippen LogP contribution in [0.15, 0.2) is 22.7 Å². The van der Waals surface area contributed by atoms with Crippen molar-refractivity contribution in [3.63, 3.8) is 0 Å². The molecule has 0 heterocycles. The molecule has 1 aromatic carbocycles. The molecule has 0 saturated carbocycles. The van der Waals surface area contributed by atoms with E-state index in [9.17, 15) is 4.39 Å². The van der Waals surface area contributed by atoms with Gasteiger partial charge in [0.25, 0.3) is 0 Å². The Morgan fingerprint density at radius 3 is 2.73 bits per heavy atom. The molecule has 0 saturated heterocycles. The zero-order valence-corrected chi connectivity index (χ0v) is 12.0. The fourth-order valence-electron chi connectivity index (χ4n) is 1.45. The molecule has 4 heteroatoms. The maximum Gasteiger partial charge on any atom is 0.127 e. The average Bonchev–Trinajstić information content (AvgIpc) is 2.10. The van der Waals surface area contributed by atoms with Crippen molar-refractivity contribution in [3.05, 3.63) is 34.1 Å². The molecule has 15 heavy (non-hydrogen) atoms. The van der Waals surface area contributed by atoms with Gasteiger partial charge in [0, 0.05) is 28.0 Å².